The number of rotatable bonds is 8. The molecule has 3 rings (SSSR count). The van der Waals surface area contributed by atoms with E-state index in [1.54, 1.807) is 31.2 Å². The van der Waals surface area contributed by atoms with Crippen LogP contribution < -0.4 is 14.9 Å². The third-order valence-corrected chi connectivity index (χ3v) is 6.67. The van der Waals surface area contributed by atoms with Crippen LogP contribution in [0.5, 0.6) is 0 Å². The van der Waals surface area contributed by atoms with Crippen molar-refractivity contribution < 1.29 is 13.2 Å². The molecule has 0 aliphatic carbocycles. The van der Waals surface area contributed by atoms with Crippen molar-refractivity contribution in [1.82, 2.24) is 4.90 Å². The van der Waals surface area contributed by atoms with E-state index in [4.69, 9.17) is 0 Å². The van der Waals surface area contributed by atoms with Crippen LogP contribution in [0.1, 0.15) is 30.6 Å². The van der Waals surface area contributed by atoms with Crippen molar-refractivity contribution in [3.63, 3.8) is 0 Å². The summed E-state index contributed by atoms with van der Waals surface area (Å²) in [5.41, 5.74) is 2.63. The molecule has 7 nitrogen and oxygen atoms in total. The Kier molecular flexibility index (Phi) is 7.33. The van der Waals surface area contributed by atoms with E-state index in [1.165, 1.54) is 0 Å². The summed E-state index contributed by atoms with van der Waals surface area (Å²) in [4.78, 5) is 17.4. The van der Waals surface area contributed by atoms with Crippen LogP contribution in [0.2, 0.25) is 0 Å². The standard InChI is InChI=1S/C22H30N4O3S/c1-3-16-30(28,29)24-20-7-5-6-18(17-20)22(27)23-19-8-10-21(11-9-19)26-14-12-25(4-2)13-15-26/h5-11,17,24H,3-4,12-16H2,1-2H3,(H,23,27). The molecule has 1 saturated heterocycles. The summed E-state index contributed by atoms with van der Waals surface area (Å²) in [5, 5.41) is 2.88. The summed E-state index contributed by atoms with van der Waals surface area (Å²) < 4.78 is 26.4. The van der Waals surface area contributed by atoms with Gasteiger partial charge in [0.15, 0.2) is 0 Å². The van der Waals surface area contributed by atoms with E-state index < -0.39 is 10.0 Å². The maximum atomic E-state index is 12.6. The van der Waals surface area contributed by atoms with Gasteiger partial charge in [-0.3, -0.25) is 9.52 Å². The van der Waals surface area contributed by atoms with Crippen molar-refractivity contribution in [3.8, 4) is 0 Å². The van der Waals surface area contributed by atoms with Crippen LogP contribution in [0.25, 0.3) is 0 Å². The number of piperazine rings is 1. The first-order chi connectivity index (χ1) is 14.4. The second-order valence-electron chi connectivity index (χ2n) is 7.42. The first-order valence-electron chi connectivity index (χ1n) is 10.4. The van der Waals surface area contributed by atoms with Gasteiger partial charge in [0, 0.05) is 48.8 Å². The lowest BCUT2D eigenvalue weighted by Crippen LogP contribution is -2.46. The molecule has 1 aliphatic rings. The number of anilines is 3. The molecule has 0 saturated carbocycles. The first-order valence-corrected chi connectivity index (χ1v) is 12.0. The van der Waals surface area contributed by atoms with Gasteiger partial charge in [-0.2, -0.15) is 0 Å². The number of nitrogens with zero attached hydrogens (tertiary/aromatic N) is 2. The maximum absolute atomic E-state index is 12.6. The highest BCUT2D eigenvalue weighted by molar-refractivity contribution is 7.92. The SMILES string of the molecule is CCCS(=O)(=O)Nc1cccc(C(=O)Nc2ccc(N3CCN(CC)CC3)cc2)c1. The smallest absolute Gasteiger partial charge is 0.255 e. The first kappa shape index (κ1) is 22.1. The lowest BCUT2D eigenvalue weighted by atomic mass is 10.2. The number of likely N-dealkylation sites (N-methyl/N-ethyl adjacent to an activating group) is 1. The van der Waals surface area contributed by atoms with Crippen LogP contribution in [-0.4, -0.2) is 57.7 Å². The van der Waals surface area contributed by atoms with Gasteiger partial charge in [-0.15, -0.1) is 0 Å². The van der Waals surface area contributed by atoms with Crippen molar-refractivity contribution in [2.75, 3.05) is 53.4 Å². The molecule has 2 N–H and O–H groups in total. The molecule has 0 bridgehead atoms. The number of nitrogens with one attached hydrogen (secondary N) is 2. The Morgan fingerprint density at radius 2 is 1.67 bits per heavy atom. The van der Waals surface area contributed by atoms with Crippen LogP contribution >= 0.6 is 0 Å². The molecule has 8 heteroatoms. The van der Waals surface area contributed by atoms with Gasteiger partial charge < -0.3 is 15.1 Å². The normalized spacial score (nSPS) is 15.1. The molecule has 0 unspecified atom stereocenters. The summed E-state index contributed by atoms with van der Waals surface area (Å²) >= 11 is 0. The van der Waals surface area contributed by atoms with Gasteiger partial charge in [0.2, 0.25) is 10.0 Å². The zero-order valence-electron chi connectivity index (χ0n) is 17.6. The van der Waals surface area contributed by atoms with Crippen molar-refractivity contribution in [2.24, 2.45) is 0 Å². The Balaban J connectivity index is 1.61. The van der Waals surface area contributed by atoms with Crippen LogP contribution in [0, 0.1) is 0 Å². The molecule has 2 aromatic carbocycles. The molecule has 1 heterocycles. The fourth-order valence-electron chi connectivity index (χ4n) is 3.50. The Bertz CT molecular complexity index is 953. The van der Waals surface area contributed by atoms with E-state index >= 15 is 0 Å². The van der Waals surface area contributed by atoms with Gasteiger partial charge in [0.1, 0.15) is 0 Å². The van der Waals surface area contributed by atoms with Crippen LogP contribution in [0.15, 0.2) is 48.5 Å². The Labute approximate surface area is 179 Å². The summed E-state index contributed by atoms with van der Waals surface area (Å²) in [6.07, 6.45) is 0.528. The van der Waals surface area contributed by atoms with Crippen LogP contribution in [-0.2, 0) is 10.0 Å². The van der Waals surface area contributed by atoms with E-state index in [1.807, 2.05) is 24.3 Å². The maximum Gasteiger partial charge on any atom is 0.255 e. The highest BCUT2D eigenvalue weighted by Crippen LogP contribution is 2.21. The lowest BCUT2D eigenvalue weighted by Gasteiger charge is -2.35. The molecule has 0 atom stereocenters. The average Bonchev–Trinajstić information content (AvgIpc) is 2.74. The van der Waals surface area contributed by atoms with Gasteiger partial charge in [-0.25, -0.2) is 8.42 Å². The number of amides is 1. The fourth-order valence-corrected chi connectivity index (χ4v) is 4.63. The van der Waals surface area contributed by atoms with Crippen LogP contribution in [0.4, 0.5) is 17.1 Å². The topological polar surface area (TPSA) is 81.7 Å². The number of hydrogen-bond acceptors (Lipinski definition) is 5. The van der Waals surface area contributed by atoms with Gasteiger partial charge in [-0.1, -0.05) is 19.9 Å². The lowest BCUT2D eigenvalue weighted by molar-refractivity contribution is 0.102. The number of hydrogen-bond donors (Lipinski definition) is 2. The average molecular weight is 431 g/mol. The Morgan fingerprint density at radius 1 is 0.967 bits per heavy atom. The van der Waals surface area contributed by atoms with E-state index in [-0.39, 0.29) is 11.7 Å². The number of sulfonamides is 1. The van der Waals surface area contributed by atoms with Crippen LogP contribution in [0.3, 0.4) is 0 Å². The summed E-state index contributed by atoms with van der Waals surface area (Å²) in [7, 11) is -3.40. The molecule has 1 amide bonds. The highest BCUT2D eigenvalue weighted by Gasteiger charge is 2.16. The predicted octanol–water partition coefficient (Wildman–Crippen LogP) is 3.23. The molecule has 0 spiro atoms. The molecule has 2 aromatic rings. The van der Waals surface area contributed by atoms with Gasteiger partial charge in [0.05, 0.1) is 5.75 Å². The second kappa shape index (κ2) is 9.95. The molecule has 0 aromatic heterocycles. The third-order valence-electron chi connectivity index (χ3n) is 5.18. The van der Waals surface area contributed by atoms with Gasteiger partial charge >= 0.3 is 0 Å². The minimum Gasteiger partial charge on any atom is -0.369 e. The van der Waals surface area contributed by atoms with Crippen molar-refractivity contribution in [1.29, 1.82) is 0 Å². The monoisotopic (exact) mass is 430 g/mol. The van der Waals surface area contributed by atoms with Gasteiger partial charge in [-0.05, 0) is 55.4 Å². The predicted molar refractivity (Wildman–Crippen MR) is 123 cm³/mol. The molecule has 1 aliphatic heterocycles. The highest BCUT2D eigenvalue weighted by atomic mass is 32.2. The minimum atomic E-state index is -3.40. The fraction of sp³-hybridized carbons (Fsp3) is 0.409. The van der Waals surface area contributed by atoms with Crippen molar-refractivity contribution in [3.05, 3.63) is 54.1 Å². The summed E-state index contributed by atoms with van der Waals surface area (Å²) in [6.45, 7) is 9.20. The molecular formula is C22H30N4O3S. The second-order valence-corrected chi connectivity index (χ2v) is 9.27. The van der Waals surface area contributed by atoms with Gasteiger partial charge in [0.25, 0.3) is 5.91 Å². The van der Waals surface area contributed by atoms with Crippen molar-refractivity contribution >= 4 is 33.0 Å². The number of carbonyl (C=O) groups excluding carboxylic acids is 1. The summed E-state index contributed by atoms with van der Waals surface area (Å²) in [5.74, 6) is -0.237. The number of benzene rings is 2. The summed E-state index contributed by atoms with van der Waals surface area (Å²) in [6, 6.07) is 14.3. The molecule has 0 radical (unpaired) electrons. The zero-order chi connectivity index (χ0) is 21.6. The van der Waals surface area contributed by atoms with E-state index in [0.717, 1.165) is 38.4 Å². The van der Waals surface area contributed by atoms with E-state index in [2.05, 4.69) is 26.8 Å². The molecule has 162 valence electrons. The quantitative estimate of drug-likeness (QED) is 0.672. The molecule has 30 heavy (non-hydrogen) atoms. The van der Waals surface area contributed by atoms with Crippen molar-refractivity contribution in [2.45, 2.75) is 20.3 Å². The largest absolute Gasteiger partial charge is 0.369 e. The van der Waals surface area contributed by atoms with E-state index in [0.29, 0.717) is 23.4 Å². The third kappa shape index (κ3) is 5.96. The molecular weight excluding hydrogens is 400 g/mol. The Hall–Kier alpha value is -2.58. The minimum absolute atomic E-state index is 0.0449. The number of carbonyl (C=O) groups is 1. The molecule has 1 fully saturated rings. The zero-order valence-corrected chi connectivity index (χ0v) is 18.4. The Morgan fingerprint density at radius 3 is 2.30 bits per heavy atom. The van der Waals surface area contributed by atoms with E-state index in [9.17, 15) is 13.2 Å².